The lowest BCUT2D eigenvalue weighted by atomic mass is 10.0. The number of nitrogens with zero attached hydrogens (tertiary/aromatic N) is 4. The molecule has 0 radical (unpaired) electrons. The molecule has 366 valence electrons. The first kappa shape index (κ1) is 53.3. The van der Waals surface area contributed by atoms with Crippen molar-refractivity contribution in [1.82, 2.24) is 19.8 Å². The summed E-state index contributed by atoms with van der Waals surface area (Å²) in [4.78, 5) is 85.8. The van der Waals surface area contributed by atoms with Gasteiger partial charge in [0.2, 0.25) is 0 Å². The van der Waals surface area contributed by atoms with E-state index in [2.05, 4.69) is 10.6 Å². The first-order chi connectivity index (χ1) is 32.0. The average Bonchev–Trinajstić information content (AvgIpc) is 3.28. The average molecular weight is 961 g/mol. The second-order valence-corrected chi connectivity index (χ2v) is 16.7. The number of alkyl halides is 3. The van der Waals surface area contributed by atoms with Crippen molar-refractivity contribution in [2.75, 3.05) is 51.1 Å². The molecule has 6 aromatic rings. The van der Waals surface area contributed by atoms with Gasteiger partial charge in [0, 0.05) is 64.4 Å². The fourth-order valence-electron chi connectivity index (χ4n) is 6.58. The number of rotatable bonds is 10. The zero-order valence-electron chi connectivity index (χ0n) is 39.0. The van der Waals surface area contributed by atoms with Crippen LogP contribution in [0.4, 0.5) is 24.5 Å². The summed E-state index contributed by atoms with van der Waals surface area (Å²) < 4.78 is 39.5. The molecule has 6 N–H and O–H groups in total. The Morgan fingerprint density at radius 1 is 0.594 bits per heavy atom. The molecule has 0 bridgehead atoms. The van der Waals surface area contributed by atoms with Crippen LogP contribution >= 0.6 is 0 Å². The van der Waals surface area contributed by atoms with Crippen molar-refractivity contribution < 1.29 is 62.3 Å². The highest BCUT2D eigenvalue weighted by Crippen LogP contribution is 2.33. The van der Waals surface area contributed by atoms with Gasteiger partial charge in [0.1, 0.15) is 41.3 Å². The van der Waals surface area contributed by atoms with Crippen molar-refractivity contribution in [2.45, 2.75) is 32.5 Å². The summed E-state index contributed by atoms with van der Waals surface area (Å²) in [6.07, 6.45) is -5.08. The second-order valence-electron chi connectivity index (χ2n) is 16.7. The van der Waals surface area contributed by atoms with Crippen molar-refractivity contribution in [2.24, 2.45) is 14.1 Å². The first-order valence-electron chi connectivity index (χ1n) is 20.6. The minimum Gasteiger partial charge on any atom is -0.506 e. The molecule has 2 aromatic heterocycles. The number of carboxylic acid groups (broad SMARTS) is 2. The smallest absolute Gasteiger partial charge is 0.490 e. The molecular formula is C48H51F3N6O12. The number of hydrogen-bond donors (Lipinski definition) is 6. The third-order valence-electron chi connectivity index (χ3n) is 10.1. The van der Waals surface area contributed by atoms with E-state index in [-0.39, 0.29) is 0 Å². The number of carbonyl (C=O) groups excluding carboxylic acids is 3. The summed E-state index contributed by atoms with van der Waals surface area (Å²) in [6.45, 7) is 4.06. The van der Waals surface area contributed by atoms with Crippen LogP contribution in [0.5, 0.6) is 11.5 Å². The van der Waals surface area contributed by atoms with Gasteiger partial charge in [-0.15, -0.1) is 0 Å². The number of pyridine rings is 2. The summed E-state index contributed by atoms with van der Waals surface area (Å²) in [7, 11) is 10.9. The SMILES string of the molecule is CN(C)c1ccc(-c2ccc3c(O)c(C(=O)NCC(=O)O)c(=O)n(C)c3c2)cc1.CN(C)c1ccc(-c2ccc3c(O)c(C(=O)NCC(=O)OC(C)(C)C)c(=O)n(C)c3c2)cc1.O=C(O)C(F)(F)F. The van der Waals surface area contributed by atoms with E-state index < -0.39 is 88.3 Å². The number of fused-ring (bicyclic) bond motifs is 2. The predicted molar refractivity (Wildman–Crippen MR) is 253 cm³/mol. The van der Waals surface area contributed by atoms with Crippen LogP contribution in [0, 0.1) is 0 Å². The van der Waals surface area contributed by atoms with Gasteiger partial charge >= 0.3 is 24.1 Å². The summed E-state index contributed by atoms with van der Waals surface area (Å²) in [5.41, 5.74) is 3.68. The van der Waals surface area contributed by atoms with E-state index >= 15 is 0 Å². The zero-order valence-corrected chi connectivity index (χ0v) is 39.0. The molecule has 6 rings (SSSR count). The number of ether oxygens (including phenoxy) is 1. The highest BCUT2D eigenvalue weighted by molar-refractivity contribution is 6.05. The summed E-state index contributed by atoms with van der Waals surface area (Å²) in [5.74, 6) is -7.32. The van der Waals surface area contributed by atoms with Crippen molar-refractivity contribution in [3.05, 3.63) is 117 Å². The van der Waals surface area contributed by atoms with E-state index in [0.29, 0.717) is 21.8 Å². The summed E-state index contributed by atoms with van der Waals surface area (Å²) >= 11 is 0. The lowest BCUT2D eigenvalue weighted by molar-refractivity contribution is -0.192. The Labute approximate surface area is 392 Å². The molecule has 2 heterocycles. The van der Waals surface area contributed by atoms with E-state index in [1.54, 1.807) is 51.1 Å². The molecule has 0 aliphatic rings. The van der Waals surface area contributed by atoms with Crippen molar-refractivity contribution in [3.63, 3.8) is 0 Å². The predicted octanol–water partition coefficient (Wildman–Crippen LogP) is 5.47. The molecule has 69 heavy (non-hydrogen) atoms. The van der Waals surface area contributed by atoms with Crippen molar-refractivity contribution in [3.8, 4) is 33.8 Å². The number of aryl methyl sites for hydroxylation is 2. The Morgan fingerprint density at radius 2 is 0.928 bits per heavy atom. The van der Waals surface area contributed by atoms with E-state index in [1.807, 2.05) is 92.6 Å². The van der Waals surface area contributed by atoms with Crippen LogP contribution < -0.4 is 31.6 Å². The number of aromatic hydroxyl groups is 2. The van der Waals surface area contributed by atoms with Crippen LogP contribution in [0.1, 0.15) is 41.5 Å². The lowest BCUT2D eigenvalue weighted by Crippen LogP contribution is -2.37. The Hall–Kier alpha value is -8.36. The maximum atomic E-state index is 12.9. The van der Waals surface area contributed by atoms with Gasteiger partial charge in [-0.2, -0.15) is 13.2 Å². The van der Waals surface area contributed by atoms with Crippen LogP contribution in [0.2, 0.25) is 0 Å². The molecular weight excluding hydrogens is 910 g/mol. The number of benzene rings is 4. The topological polar surface area (TPSA) is 250 Å². The molecule has 4 aromatic carbocycles. The zero-order chi connectivity index (χ0) is 51.9. The van der Waals surface area contributed by atoms with Gasteiger partial charge in [-0.05, 0) is 91.6 Å². The van der Waals surface area contributed by atoms with Crippen LogP contribution in [-0.4, -0.2) is 112 Å². The molecule has 18 nitrogen and oxygen atoms in total. The molecule has 0 aliphatic heterocycles. The fraction of sp³-hybridized carbons (Fsp3) is 0.271. The van der Waals surface area contributed by atoms with E-state index in [1.165, 1.54) is 23.2 Å². The normalized spacial score (nSPS) is 11.1. The second kappa shape index (κ2) is 21.5. The number of halogens is 3. The number of aliphatic carboxylic acids is 2. The van der Waals surface area contributed by atoms with E-state index in [0.717, 1.165) is 33.6 Å². The molecule has 0 atom stereocenters. The molecule has 0 saturated carbocycles. The monoisotopic (exact) mass is 960 g/mol. The first-order valence-corrected chi connectivity index (χ1v) is 20.6. The standard InChI is InChI=1S/C25H29N3O5.C21H21N3O5.C2HF3O2/c1-25(2,3)33-20(29)14-26-23(31)21-22(30)18-12-9-16(13-19(18)28(6)24(21)32)15-7-10-17(11-8-15)27(4)5;1-23(2)14-7-4-12(5-8-14)13-6-9-15-16(10-13)24(3)21(29)18(19(15)27)20(28)22-11-17(25)26;3-2(4,5)1(6)7/h7-13,30H,14H2,1-6H3,(H,26,31);4-10,27H,11H2,1-3H3,(H,22,28)(H,25,26);(H,6,7). The van der Waals surface area contributed by atoms with Gasteiger partial charge in [0.05, 0.1) is 11.0 Å². The Bertz CT molecular complexity index is 3050. The number of esters is 1. The Kier molecular flexibility index (Phi) is 16.6. The maximum absolute atomic E-state index is 12.9. The number of carboxylic acids is 2. The van der Waals surface area contributed by atoms with Gasteiger partial charge in [0.25, 0.3) is 22.9 Å². The maximum Gasteiger partial charge on any atom is 0.490 e. The minimum atomic E-state index is -5.08. The molecule has 21 heteroatoms. The Balaban J connectivity index is 0.000000266. The van der Waals surface area contributed by atoms with Gasteiger partial charge < -0.3 is 54.7 Å². The quantitative estimate of drug-likeness (QED) is 0.0932. The third kappa shape index (κ3) is 13.2. The van der Waals surface area contributed by atoms with E-state index in [9.17, 15) is 52.2 Å². The van der Waals surface area contributed by atoms with Crippen molar-refractivity contribution in [1.29, 1.82) is 0 Å². The Morgan fingerprint density at radius 3 is 1.23 bits per heavy atom. The number of carbonyl (C=O) groups is 5. The number of nitrogens with one attached hydrogen (secondary N) is 2. The number of aromatic nitrogens is 2. The molecule has 0 spiro atoms. The number of hydrogen-bond acceptors (Lipinski definition) is 12. The number of anilines is 2. The highest BCUT2D eigenvalue weighted by Gasteiger charge is 2.38. The van der Waals surface area contributed by atoms with Gasteiger partial charge in [0.15, 0.2) is 0 Å². The number of amides is 2. The van der Waals surface area contributed by atoms with Crippen LogP contribution in [0.3, 0.4) is 0 Å². The van der Waals surface area contributed by atoms with Crippen LogP contribution in [-0.2, 0) is 33.2 Å². The largest absolute Gasteiger partial charge is 0.506 e. The van der Waals surface area contributed by atoms with Crippen LogP contribution in [0.25, 0.3) is 44.1 Å². The minimum absolute atomic E-state index is 0.321. The van der Waals surface area contributed by atoms with Gasteiger partial charge in [-0.1, -0.05) is 36.4 Å². The van der Waals surface area contributed by atoms with Crippen molar-refractivity contribution >= 4 is 62.9 Å². The highest BCUT2D eigenvalue weighted by atomic mass is 19.4. The van der Waals surface area contributed by atoms with Gasteiger partial charge in [-0.3, -0.25) is 28.8 Å². The summed E-state index contributed by atoms with van der Waals surface area (Å²) in [5, 5.41) is 42.2. The molecule has 2 amide bonds. The summed E-state index contributed by atoms with van der Waals surface area (Å²) in [6, 6.07) is 26.3. The molecule has 0 aliphatic carbocycles. The van der Waals surface area contributed by atoms with E-state index in [4.69, 9.17) is 19.7 Å². The van der Waals surface area contributed by atoms with Gasteiger partial charge in [-0.25, -0.2) is 4.79 Å². The molecule has 0 fully saturated rings. The molecule has 0 unspecified atom stereocenters. The molecule has 0 saturated heterocycles. The fourth-order valence-corrected chi connectivity index (χ4v) is 6.58. The lowest BCUT2D eigenvalue weighted by Gasteiger charge is -2.19. The van der Waals surface area contributed by atoms with Crippen LogP contribution in [0.15, 0.2) is 94.5 Å². The third-order valence-corrected chi connectivity index (χ3v) is 10.1.